The van der Waals surface area contributed by atoms with Gasteiger partial charge in [0, 0.05) is 23.5 Å². The predicted octanol–water partition coefficient (Wildman–Crippen LogP) is -0.0417. The molecule has 4 atom stereocenters. The minimum atomic E-state index is -1.26. The number of fused-ring (bicyclic) bond motifs is 1. The zero-order chi connectivity index (χ0) is 28.9. The van der Waals surface area contributed by atoms with Crippen LogP contribution in [0.2, 0.25) is 0 Å². The van der Waals surface area contributed by atoms with Crippen molar-refractivity contribution in [3.05, 3.63) is 36.0 Å². The summed E-state index contributed by atoms with van der Waals surface area (Å²) in [4.78, 5) is 65.3. The molecule has 0 bridgehead atoms. The largest absolute Gasteiger partial charge is 0.480 e. The summed E-state index contributed by atoms with van der Waals surface area (Å²) in [6.45, 7) is 0. The number of nitrogens with one attached hydrogen (secondary N) is 4. The minimum Gasteiger partial charge on any atom is -0.480 e. The number of aromatic amines is 1. The topological polar surface area (TPSA) is 210 Å². The molecule has 0 saturated carbocycles. The van der Waals surface area contributed by atoms with Crippen molar-refractivity contribution in [2.24, 2.45) is 11.5 Å². The van der Waals surface area contributed by atoms with Crippen LogP contribution in [0.3, 0.4) is 0 Å². The molecular formula is C25H36N6O6S2. The van der Waals surface area contributed by atoms with E-state index in [4.69, 9.17) is 11.5 Å². The number of amides is 4. The molecule has 0 fully saturated rings. The molecule has 214 valence electrons. The van der Waals surface area contributed by atoms with E-state index in [1.807, 2.05) is 36.8 Å². The van der Waals surface area contributed by atoms with Crippen LogP contribution in [0.5, 0.6) is 0 Å². The standard InChI is InChI=1S/C25H36N6O6S2/c1-38-9-7-18(23(34)30-19(25(36)37)8-10-39-2)29-24(35)20(31-22(33)16(26)12-21(27)32)11-14-13-28-17-6-4-3-5-15(14)17/h3-6,13,16,18-20,28H,7-12,26H2,1-2H3,(H2,27,32)(H,29,35)(H,30,34)(H,31,33)(H,36,37). The van der Waals surface area contributed by atoms with E-state index in [0.717, 1.165) is 16.5 Å². The fraction of sp³-hybridized carbons (Fsp3) is 0.480. The molecule has 0 radical (unpaired) electrons. The molecule has 0 aliphatic carbocycles. The average molecular weight is 581 g/mol. The van der Waals surface area contributed by atoms with Crippen LogP contribution in [0.15, 0.2) is 30.5 Å². The number of primary amides is 1. The van der Waals surface area contributed by atoms with Gasteiger partial charge < -0.3 is 37.5 Å². The highest BCUT2D eigenvalue weighted by Gasteiger charge is 2.31. The first-order chi connectivity index (χ1) is 18.6. The highest BCUT2D eigenvalue weighted by molar-refractivity contribution is 7.98. The van der Waals surface area contributed by atoms with E-state index < -0.39 is 60.2 Å². The number of thioether (sulfide) groups is 2. The summed E-state index contributed by atoms with van der Waals surface area (Å²) < 4.78 is 0. The Morgan fingerprint density at radius 1 is 0.897 bits per heavy atom. The highest BCUT2D eigenvalue weighted by atomic mass is 32.2. The van der Waals surface area contributed by atoms with Crippen LogP contribution in [0.4, 0.5) is 0 Å². The second-order valence-electron chi connectivity index (χ2n) is 8.93. The molecule has 39 heavy (non-hydrogen) atoms. The lowest BCUT2D eigenvalue weighted by molar-refractivity contribution is -0.142. The normalized spacial score (nSPS) is 14.1. The highest BCUT2D eigenvalue weighted by Crippen LogP contribution is 2.19. The zero-order valence-corrected chi connectivity index (χ0v) is 23.5. The van der Waals surface area contributed by atoms with Crippen molar-refractivity contribution in [1.82, 2.24) is 20.9 Å². The van der Waals surface area contributed by atoms with E-state index in [0.29, 0.717) is 11.5 Å². The Morgan fingerprint density at radius 3 is 2.08 bits per heavy atom. The number of H-pyrrole nitrogens is 1. The number of carboxylic acids is 1. The number of hydrogen-bond donors (Lipinski definition) is 7. The second-order valence-corrected chi connectivity index (χ2v) is 10.9. The maximum Gasteiger partial charge on any atom is 0.326 e. The number of carbonyl (C=O) groups is 5. The monoisotopic (exact) mass is 580 g/mol. The fourth-order valence-corrected chi connectivity index (χ4v) is 4.80. The molecule has 2 rings (SSSR count). The quantitative estimate of drug-likeness (QED) is 0.134. The molecule has 0 aliphatic heterocycles. The van der Waals surface area contributed by atoms with Crippen LogP contribution in [-0.2, 0) is 30.4 Å². The van der Waals surface area contributed by atoms with Crippen LogP contribution < -0.4 is 27.4 Å². The summed E-state index contributed by atoms with van der Waals surface area (Å²) in [7, 11) is 0. The van der Waals surface area contributed by atoms with E-state index in [1.54, 1.807) is 6.20 Å². The third-order valence-corrected chi connectivity index (χ3v) is 7.25. The molecule has 12 nitrogen and oxygen atoms in total. The van der Waals surface area contributed by atoms with Gasteiger partial charge in [-0.3, -0.25) is 19.2 Å². The maximum absolute atomic E-state index is 13.5. The first-order valence-electron chi connectivity index (χ1n) is 12.3. The average Bonchev–Trinajstić information content (AvgIpc) is 3.30. The third kappa shape index (κ3) is 10.1. The molecule has 1 heterocycles. The zero-order valence-electron chi connectivity index (χ0n) is 21.9. The Hall–Kier alpha value is -3.23. The van der Waals surface area contributed by atoms with Gasteiger partial charge in [0.1, 0.15) is 18.1 Å². The number of nitrogens with two attached hydrogens (primary N) is 2. The Balaban J connectivity index is 2.28. The minimum absolute atomic E-state index is 0.0627. The lowest BCUT2D eigenvalue weighted by atomic mass is 10.0. The summed E-state index contributed by atoms with van der Waals surface area (Å²) >= 11 is 2.92. The van der Waals surface area contributed by atoms with Gasteiger partial charge in [0.15, 0.2) is 0 Å². The number of carbonyl (C=O) groups excluding carboxylic acids is 4. The molecule has 0 aliphatic rings. The van der Waals surface area contributed by atoms with Crippen LogP contribution in [0.1, 0.15) is 24.8 Å². The van der Waals surface area contributed by atoms with Crippen molar-refractivity contribution in [1.29, 1.82) is 0 Å². The first kappa shape index (κ1) is 32.0. The maximum atomic E-state index is 13.5. The van der Waals surface area contributed by atoms with Gasteiger partial charge in [-0.2, -0.15) is 23.5 Å². The molecule has 0 saturated heterocycles. The number of para-hydroxylation sites is 1. The summed E-state index contributed by atoms with van der Waals surface area (Å²) in [6.07, 6.45) is 5.52. The molecule has 9 N–H and O–H groups in total. The van der Waals surface area contributed by atoms with Crippen molar-refractivity contribution >= 4 is 64.0 Å². The smallest absolute Gasteiger partial charge is 0.326 e. The molecule has 14 heteroatoms. The predicted molar refractivity (Wildman–Crippen MR) is 153 cm³/mol. The van der Waals surface area contributed by atoms with Crippen molar-refractivity contribution in [2.75, 3.05) is 24.0 Å². The molecule has 1 aromatic carbocycles. The van der Waals surface area contributed by atoms with E-state index >= 15 is 0 Å². The van der Waals surface area contributed by atoms with Gasteiger partial charge in [0.25, 0.3) is 0 Å². The van der Waals surface area contributed by atoms with Gasteiger partial charge in [0.2, 0.25) is 23.6 Å². The van der Waals surface area contributed by atoms with Crippen molar-refractivity contribution < 1.29 is 29.1 Å². The third-order valence-electron chi connectivity index (χ3n) is 5.96. The van der Waals surface area contributed by atoms with Gasteiger partial charge in [-0.25, -0.2) is 4.79 Å². The molecule has 0 spiro atoms. The lowest BCUT2D eigenvalue weighted by Gasteiger charge is -2.25. The van der Waals surface area contributed by atoms with Crippen molar-refractivity contribution in [3.63, 3.8) is 0 Å². The van der Waals surface area contributed by atoms with Gasteiger partial charge >= 0.3 is 5.97 Å². The molecule has 2 aromatic rings. The first-order valence-corrected chi connectivity index (χ1v) is 15.1. The fourth-order valence-electron chi connectivity index (χ4n) is 3.86. The number of benzene rings is 1. The van der Waals surface area contributed by atoms with Gasteiger partial charge in [-0.1, -0.05) is 18.2 Å². The number of carboxylic acid groups (broad SMARTS) is 1. The molecule has 4 amide bonds. The molecule has 4 unspecified atom stereocenters. The van der Waals surface area contributed by atoms with Crippen LogP contribution in [0, 0.1) is 0 Å². The summed E-state index contributed by atoms with van der Waals surface area (Å²) in [5.41, 5.74) is 12.5. The Bertz CT molecular complexity index is 1160. The van der Waals surface area contributed by atoms with Crippen LogP contribution in [-0.4, -0.2) is 87.9 Å². The van der Waals surface area contributed by atoms with Crippen LogP contribution >= 0.6 is 23.5 Å². The van der Waals surface area contributed by atoms with E-state index in [9.17, 15) is 29.1 Å². The van der Waals surface area contributed by atoms with Gasteiger partial charge in [-0.15, -0.1) is 0 Å². The number of hydrogen-bond acceptors (Lipinski definition) is 8. The number of aliphatic carboxylic acids is 1. The SMILES string of the molecule is CSCCC(NC(=O)C(CCSC)NC(=O)C(Cc1c[nH]c2ccccc12)NC(=O)C(N)CC(N)=O)C(=O)O. The Morgan fingerprint density at radius 2 is 1.46 bits per heavy atom. The van der Waals surface area contributed by atoms with E-state index in [2.05, 4.69) is 20.9 Å². The van der Waals surface area contributed by atoms with Crippen molar-refractivity contribution in [2.45, 2.75) is 49.9 Å². The van der Waals surface area contributed by atoms with E-state index in [1.165, 1.54) is 23.5 Å². The number of rotatable bonds is 17. The number of aromatic nitrogens is 1. The molecular weight excluding hydrogens is 544 g/mol. The van der Waals surface area contributed by atoms with Crippen LogP contribution in [0.25, 0.3) is 10.9 Å². The van der Waals surface area contributed by atoms with Gasteiger partial charge in [-0.05, 0) is 48.5 Å². The summed E-state index contributed by atoms with van der Waals surface area (Å²) in [6, 6.07) is 2.89. The van der Waals surface area contributed by atoms with Crippen molar-refractivity contribution in [3.8, 4) is 0 Å². The van der Waals surface area contributed by atoms with E-state index in [-0.39, 0.29) is 19.3 Å². The summed E-state index contributed by atoms with van der Waals surface area (Å²) in [5.74, 6) is -2.92. The second kappa shape index (κ2) is 16.0. The Labute approximate surface area is 235 Å². The summed E-state index contributed by atoms with van der Waals surface area (Å²) in [5, 5.41) is 18.1. The molecule has 1 aromatic heterocycles. The van der Waals surface area contributed by atoms with Gasteiger partial charge in [0.05, 0.1) is 12.5 Å². The Kier molecular flexibility index (Phi) is 13.1. The lowest BCUT2D eigenvalue weighted by Crippen LogP contribution is -2.58.